The highest BCUT2D eigenvalue weighted by atomic mass is 32.2. The maximum Gasteiger partial charge on any atom is 0.433 e. The molecule has 11 nitrogen and oxygen atoms in total. The molecule has 0 aliphatic rings. The number of nitrogens with one attached hydrogen (secondary N) is 3. The van der Waals surface area contributed by atoms with E-state index < -0.39 is 51.2 Å². The molecule has 2 aromatic carbocycles. The number of aromatic nitrogens is 4. The topological polar surface area (TPSA) is 157 Å². The minimum absolute atomic E-state index is 0.0754. The van der Waals surface area contributed by atoms with Crippen molar-refractivity contribution >= 4 is 33.3 Å². The Kier molecular flexibility index (Phi) is 8.11. The van der Waals surface area contributed by atoms with Crippen LogP contribution in [0, 0.1) is 5.82 Å². The Morgan fingerprint density at radius 1 is 1.12 bits per heavy atom. The zero-order valence-corrected chi connectivity index (χ0v) is 22.3. The Morgan fingerprint density at radius 2 is 1.79 bits per heavy atom. The van der Waals surface area contributed by atoms with E-state index in [1.54, 1.807) is 4.72 Å². The van der Waals surface area contributed by atoms with Gasteiger partial charge in [-0.1, -0.05) is 18.2 Å². The van der Waals surface area contributed by atoms with Gasteiger partial charge in [0.05, 0.1) is 5.69 Å². The first-order chi connectivity index (χ1) is 19.6. The van der Waals surface area contributed by atoms with Crippen LogP contribution in [0.2, 0.25) is 0 Å². The van der Waals surface area contributed by atoms with Crippen molar-refractivity contribution in [2.45, 2.75) is 25.0 Å². The second-order valence-electron chi connectivity index (χ2n) is 8.78. The second-order valence-corrected chi connectivity index (χ2v) is 10.4. The summed E-state index contributed by atoms with van der Waals surface area (Å²) in [6, 6.07) is 9.26. The molecule has 2 aromatic heterocycles. The summed E-state index contributed by atoms with van der Waals surface area (Å²) in [5.41, 5.74) is 4.13. The molecule has 42 heavy (non-hydrogen) atoms. The zero-order chi connectivity index (χ0) is 31.0. The molecule has 1 amide bonds. The van der Waals surface area contributed by atoms with Crippen LogP contribution in [0.1, 0.15) is 34.6 Å². The molecule has 0 saturated carbocycles. The van der Waals surface area contributed by atoms with E-state index in [2.05, 4.69) is 20.6 Å². The van der Waals surface area contributed by atoms with Gasteiger partial charge >= 0.3 is 11.9 Å². The van der Waals surface area contributed by atoms with Crippen molar-refractivity contribution in [1.82, 2.24) is 20.0 Å². The average molecular weight is 618 g/mol. The number of nitrogens with zero attached hydrogens (tertiary/aromatic N) is 3. The fourth-order valence-corrected chi connectivity index (χ4v) is 4.41. The van der Waals surface area contributed by atoms with Gasteiger partial charge in [0.2, 0.25) is 0 Å². The van der Waals surface area contributed by atoms with Crippen LogP contribution in [-0.2, 0) is 23.2 Å². The van der Waals surface area contributed by atoms with E-state index >= 15 is 0 Å². The van der Waals surface area contributed by atoms with Crippen molar-refractivity contribution in [2.24, 2.45) is 12.8 Å². The maximum absolute atomic E-state index is 13.4. The summed E-state index contributed by atoms with van der Waals surface area (Å²) < 4.78 is 111. The summed E-state index contributed by atoms with van der Waals surface area (Å²) in [5, 5.41) is 12.7. The third kappa shape index (κ3) is 6.42. The smallest absolute Gasteiger partial charge is 0.433 e. The van der Waals surface area contributed by atoms with Gasteiger partial charge in [0.25, 0.3) is 15.9 Å². The summed E-state index contributed by atoms with van der Waals surface area (Å²) in [6.07, 6.45) is -5.56. The number of nitrogens with two attached hydrogens (primary N) is 1. The number of H-pyrrole nitrogens is 1. The highest BCUT2D eigenvalue weighted by molar-refractivity contribution is 7.93. The number of rotatable bonds is 10. The van der Waals surface area contributed by atoms with E-state index in [1.165, 1.54) is 31.2 Å². The van der Waals surface area contributed by atoms with Crippen molar-refractivity contribution in [3.63, 3.8) is 0 Å². The Labute approximate surface area is 233 Å². The molecule has 2 heterocycles. The summed E-state index contributed by atoms with van der Waals surface area (Å²) in [5.74, 6) is -6.14. The first-order valence-electron chi connectivity index (χ1n) is 11.7. The molecule has 18 heteroatoms. The van der Waals surface area contributed by atoms with E-state index in [0.29, 0.717) is 16.3 Å². The Balaban J connectivity index is 1.75. The Morgan fingerprint density at radius 3 is 2.36 bits per heavy atom. The van der Waals surface area contributed by atoms with Gasteiger partial charge in [-0.15, -0.1) is 0 Å². The van der Waals surface area contributed by atoms with Crippen LogP contribution < -0.4 is 20.5 Å². The minimum Gasteiger partial charge on any atom is -0.484 e. The van der Waals surface area contributed by atoms with Crippen LogP contribution in [-0.4, -0.2) is 40.1 Å². The molecule has 5 N–H and O–H groups in total. The number of alkyl halides is 5. The molecule has 0 aliphatic carbocycles. The van der Waals surface area contributed by atoms with Gasteiger partial charge in [-0.3, -0.25) is 19.3 Å². The number of anilines is 3. The monoisotopic (exact) mass is 617 g/mol. The van der Waals surface area contributed by atoms with Gasteiger partial charge in [-0.25, -0.2) is 12.8 Å². The fraction of sp³-hybridized carbons (Fsp3) is 0.208. The number of halogens is 6. The standard InChI is InChI=1S/C24H21F6N7O4S/c1-11(12-3-6-14(25)7-4-12)41-16-9-13(5-8-15(16)36-42(39,40)23(26)27)20-19(21(31)38)22(34-33-20)32-18-10-17(24(28,29)30)37(2)35-18/h3-11,23,36H,1-2H3,(H2,31,38)(H2,32,33,34,35). The fourth-order valence-electron chi connectivity index (χ4n) is 3.84. The van der Waals surface area contributed by atoms with Gasteiger partial charge in [-0.05, 0) is 36.8 Å². The lowest BCUT2D eigenvalue weighted by Gasteiger charge is -2.19. The van der Waals surface area contributed by atoms with Gasteiger partial charge in [-0.2, -0.15) is 32.1 Å². The van der Waals surface area contributed by atoms with Gasteiger partial charge in [0, 0.05) is 18.7 Å². The number of carbonyl (C=O) groups excluding carboxylic acids is 1. The molecule has 0 fully saturated rings. The highest BCUT2D eigenvalue weighted by Crippen LogP contribution is 2.37. The van der Waals surface area contributed by atoms with Crippen LogP contribution in [0.3, 0.4) is 0 Å². The normalized spacial score (nSPS) is 12.8. The molecule has 0 bridgehead atoms. The molecule has 224 valence electrons. The average Bonchev–Trinajstić information content (AvgIpc) is 3.48. The molecular weight excluding hydrogens is 596 g/mol. The number of primary amides is 1. The number of amides is 1. The lowest BCUT2D eigenvalue weighted by Crippen LogP contribution is -2.21. The van der Waals surface area contributed by atoms with Crippen molar-refractivity contribution in [2.75, 3.05) is 10.0 Å². The predicted molar refractivity (Wildman–Crippen MR) is 138 cm³/mol. The van der Waals surface area contributed by atoms with E-state index in [9.17, 15) is 39.6 Å². The van der Waals surface area contributed by atoms with Crippen molar-refractivity contribution in [3.05, 3.63) is 71.2 Å². The van der Waals surface area contributed by atoms with E-state index in [0.717, 1.165) is 25.2 Å². The number of aryl methyl sites for hydroxylation is 1. The summed E-state index contributed by atoms with van der Waals surface area (Å²) in [7, 11) is -4.06. The number of ether oxygens (including phenoxy) is 1. The van der Waals surface area contributed by atoms with Crippen LogP contribution in [0.5, 0.6) is 5.75 Å². The lowest BCUT2D eigenvalue weighted by molar-refractivity contribution is -0.143. The quantitative estimate of drug-likeness (QED) is 0.184. The number of hydrogen-bond acceptors (Lipinski definition) is 7. The SMILES string of the molecule is CC(Oc1cc(-c2n[nH]c(Nc3cc(C(F)(F)F)n(C)n3)c2C(N)=O)ccc1NS(=O)(=O)C(F)F)c1ccc(F)cc1. The Hall–Kier alpha value is -4.74. The lowest BCUT2D eigenvalue weighted by atomic mass is 10.1. The van der Waals surface area contributed by atoms with Crippen molar-refractivity contribution in [3.8, 4) is 17.0 Å². The first-order valence-corrected chi connectivity index (χ1v) is 13.2. The molecule has 0 spiro atoms. The molecule has 4 aromatic rings. The summed E-state index contributed by atoms with van der Waals surface area (Å²) >= 11 is 0. The maximum atomic E-state index is 13.4. The largest absolute Gasteiger partial charge is 0.484 e. The number of benzene rings is 2. The highest BCUT2D eigenvalue weighted by Gasteiger charge is 2.35. The molecular formula is C24H21F6N7O4S. The van der Waals surface area contributed by atoms with Crippen LogP contribution >= 0.6 is 0 Å². The number of sulfonamides is 1. The summed E-state index contributed by atoms with van der Waals surface area (Å²) in [6.45, 7) is 1.53. The number of hydrogen-bond donors (Lipinski definition) is 4. The van der Waals surface area contributed by atoms with Gasteiger partial charge in [0.15, 0.2) is 5.82 Å². The van der Waals surface area contributed by atoms with Crippen molar-refractivity contribution in [1.29, 1.82) is 0 Å². The zero-order valence-electron chi connectivity index (χ0n) is 21.5. The van der Waals surface area contributed by atoms with Crippen molar-refractivity contribution < 1.29 is 44.3 Å². The minimum atomic E-state index is -5.13. The third-order valence-electron chi connectivity index (χ3n) is 5.82. The number of aromatic amines is 1. The molecule has 1 unspecified atom stereocenters. The van der Waals surface area contributed by atoms with E-state index in [-0.39, 0.29) is 34.2 Å². The van der Waals surface area contributed by atoms with Crippen LogP contribution in [0.25, 0.3) is 11.3 Å². The van der Waals surface area contributed by atoms with E-state index in [1.807, 2.05) is 0 Å². The Bertz CT molecular complexity index is 1720. The molecule has 0 saturated heterocycles. The summed E-state index contributed by atoms with van der Waals surface area (Å²) in [4.78, 5) is 12.4. The second kappa shape index (κ2) is 11.3. The molecule has 0 radical (unpaired) electrons. The van der Waals surface area contributed by atoms with Crippen LogP contribution in [0.15, 0.2) is 48.5 Å². The first kappa shape index (κ1) is 30.2. The molecule has 1 atom stereocenters. The molecule has 0 aliphatic heterocycles. The van der Waals surface area contributed by atoms with Gasteiger partial charge in [0.1, 0.15) is 40.4 Å². The van der Waals surface area contributed by atoms with Gasteiger partial charge < -0.3 is 15.8 Å². The third-order valence-corrected chi connectivity index (χ3v) is 6.79. The van der Waals surface area contributed by atoms with E-state index in [4.69, 9.17) is 10.5 Å². The molecule has 4 rings (SSSR count). The predicted octanol–water partition coefficient (Wildman–Crippen LogP) is 4.91. The van der Waals surface area contributed by atoms with Crippen LogP contribution in [0.4, 0.5) is 43.7 Å². The number of carbonyl (C=O) groups is 1.